The zero-order valence-electron chi connectivity index (χ0n) is 13.7. The molecule has 2 heterocycles. The van der Waals surface area contributed by atoms with Crippen LogP contribution < -0.4 is 5.32 Å². The van der Waals surface area contributed by atoms with E-state index in [2.05, 4.69) is 5.32 Å². The Morgan fingerprint density at radius 2 is 2.12 bits per heavy atom. The highest BCUT2D eigenvalue weighted by Crippen LogP contribution is 2.50. The van der Waals surface area contributed by atoms with Crippen LogP contribution in [-0.4, -0.2) is 54.4 Å². The third-order valence-corrected chi connectivity index (χ3v) is 7.12. The number of sulfonamides is 1. The Morgan fingerprint density at radius 1 is 1.42 bits per heavy atom. The molecule has 9 heteroatoms. The largest absolute Gasteiger partial charge is 0.481 e. The van der Waals surface area contributed by atoms with E-state index in [1.807, 2.05) is 0 Å². The number of hydrogen-bond donors (Lipinski definition) is 2. The van der Waals surface area contributed by atoms with Crippen LogP contribution in [0.3, 0.4) is 0 Å². The minimum Gasteiger partial charge on any atom is -0.481 e. The van der Waals surface area contributed by atoms with Gasteiger partial charge in [0.05, 0.1) is 5.41 Å². The molecule has 0 unspecified atom stereocenters. The number of aryl methyl sites for hydroxylation is 1. The van der Waals surface area contributed by atoms with Crippen molar-refractivity contribution in [3.8, 4) is 0 Å². The van der Waals surface area contributed by atoms with Crippen molar-refractivity contribution < 1.29 is 23.1 Å². The second-order valence-corrected chi connectivity index (χ2v) is 8.54. The summed E-state index contributed by atoms with van der Waals surface area (Å²) in [6, 6.07) is 1.33. The number of nitrogens with one attached hydrogen (secondary N) is 1. The van der Waals surface area contributed by atoms with Crippen LogP contribution in [0.5, 0.6) is 0 Å². The van der Waals surface area contributed by atoms with Crippen LogP contribution in [0, 0.1) is 11.3 Å². The van der Waals surface area contributed by atoms with E-state index in [1.165, 1.54) is 28.2 Å². The quantitative estimate of drug-likeness (QED) is 0.805. The minimum absolute atomic E-state index is 0.000461. The van der Waals surface area contributed by atoms with Crippen LogP contribution in [0.1, 0.15) is 29.8 Å². The number of hydrogen-bond acceptors (Lipinski definition) is 4. The van der Waals surface area contributed by atoms with Crippen molar-refractivity contribution in [2.24, 2.45) is 18.4 Å². The Bertz CT molecular complexity index is 800. The van der Waals surface area contributed by atoms with Gasteiger partial charge in [-0.25, -0.2) is 8.42 Å². The van der Waals surface area contributed by atoms with Gasteiger partial charge in [0.25, 0.3) is 5.91 Å². The van der Waals surface area contributed by atoms with Gasteiger partial charge in [-0.1, -0.05) is 6.42 Å². The van der Waals surface area contributed by atoms with Gasteiger partial charge >= 0.3 is 5.97 Å². The van der Waals surface area contributed by atoms with Crippen molar-refractivity contribution in [2.45, 2.75) is 24.2 Å². The fraction of sp³-hybridized carbons (Fsp3) is 0.600. The molecule has 132 valence electrons. The number of carboxylic acid groups (broad SMARTS) is 1. The molecule has 0 radical (unpaired) electrons. The first kappa shape index (κ1) is 17.0. The maximum atomic E-state index is 12.9. The van der Waals surface area contributed by atoms with E-state index in [0.29, 0.717) is 6.42 Å². The van der Waals surface area contributed by atoms with E-state index in [9.17, 15) is 23.1 Å². The Hall–Kier alpha value is -1.87. The zero-order valence-corrected chi connectivity index (χ0v) is 14.5. The topological polar surface area (TPSA) is 109 Å². The summed E-state index contributed by atoms with van der Waals surface area (Å²) in [5.41, 5.74) is -0.728. The van der Waals surface area contributed by atoms with E-state index in [-0.39, 0.29) is 35.5 Å². The van der Waals surface area contributed by atoms with Crippen LogP contribution in [0.4, 0.5) is 0 Å². The molecular formula is C15H21N3O5S. The van der Waals surface area contributed by atoms with Crippen LogP contribution in [0.2, 0.25) is 0 Å². The average Bonchev–Trinajstić information content (AvgIpc) is 3.18. The molecule has 1 amide bonds. The predicted molar refractivity (Wildman–Crippen MR) is 85.0 cm³/mol. The number of fused-ring (bicyclic) bond motifs is 1. The number of amides is 1. The predicted octanol–water partition coefficient (Wildman–Crippen LogP) is 0.260. The normalized spacial score (nSPS) is 27.2. The van der Waals surface area contributed by atoms with Crippen molar-refractivity contribution in [3.63, 3.8) is 0 Å². The minimum atomic E-state index is -3.83. The zero-order chi connectivity index (χ0) is 17.7. The summed E-state index contributed by atoms with van der Waals surface area (Å²) in [4.78, 5) is 23.5. The molecular weight excluding hydrogens is 334 g/mol. The standard InChI is InChI=1S/C15H21N3O5S/c1-16-13(19)12-6-11(8-17(12)2)24(22,23)18-7-10-4-3-5-15(10,9-18)14(20)21/h6,8,10H,3-5,7,9H2,1-2H3,(H,16,19)(H,20,21)/t10-,15+/m0/s1. The van der Waals surface area contributed by atoms with Gasteiger partial charge in [0, 0.05) is 33.4 Å². The summed E-state index contributed by atoms with van der Waals surface area (Å²) in [7, 11) is -0.754. The first-order chi connectivity index (χ1) is 11.2. The fourth-order valence-electron chi connectivity index (χ4n) is 3.95. The van der Waals surface area contributed by atoms with Gasteiger partial charge in [-0.3, -0.25) is 9.59 Å². The van der Waals surface area contributed by atoms with Gasteiger partial charge in [-0.2, -0.15) is 4.31 Å². The molecule has 24 heavy (non-hydrogen) atoms. The van der Waals surface area contributed by atoms with Crippen molar-refractivity contribution in [1.29, 1.82) is 0 Å². The summed E-state index contributed by atoms with van der Waals surface area (Å²) in [6.07, 6.45) is 3.45. The van der Waals surface area contributed by atoms with Crippen LogP contribution in [-0.2, 0) is 21.9 Å². The highest BCUT2D eigenvalue weighted by molar-refractivity contribution is 7.89. The number of rotatable bonds is 4. The summed E-state index contributed by atoms with van der Waals surface area (Å²) < 4.78 is 28.5. The summed E-state index contributed by atoms with van der Waals surface area (Å²) in [5.74, 6) is -1.44. The van der Waals surface area contributed by atoms with Crippen molar-refractivity contribution in [3.05, 3.63) is 18.0 Å². The Balaban J connectivity index is 1.93. The van der Waals surface area contributed by atoms with Gasteiger partial charge in [0.2, 0.25) is 10.0 Å². The number of aromatic nitrogens is 1. The molecule has 2 fully saturated rings. The lowest BCUT2D eigenvalue weighted by Gasteiger charge is -2.23. The molecule has 1 aromatic rings. The van der Waals surface area contributed by atoms with Crippen LogP contribution >= 0.6 is 0 Å². The lowest BCUT2D eigenvalue weighted by Crippen LogP contribution is -2.37. The molecule has 3 rings (SSSR count). The molecule has 2 atom stereocenters. The molecule has 1 aliphatic carbocycles. The Labute approximate surface area is 140 Å². The second kappa shape index (κ2) is 5.59. The smallest absolute Gasteiger partial charge is 0.311 e. The Kier molecular flexibility index (Phi) is 3.95. The van der Waals surface area contributed by atoms with Crippen molar-refractivity contribution in [1.82, 2.24) is 14.2 Å². The third-order valence-electron chi connectivity index (χ3n) is 5.34. The summed E-state index contributed by atoms with van der Waals surface area (Å²) in [6.45, 7) is 0.221. The first-order valence-electron chi connectivity index (χ1n) is 7.84. The molecule has 0 bridgehead atoms. The SMILES string of the molecule is CNC(=O)c1cc(S(=O)(=O)N2C[C@@H]3CCC[C@@]3(C(=O)O)C2)cn1C. The average molecular weight is 355 g/mol. The van der Waals surface area contributed by atoms with Crippen molar-refractivity contribution in [2.75, 3.05) is 20.1 Å². The van der Waals surface area contributed by atoms with Gasteiger partial charge in [-0.15, -0.1) is 0 Å². The maximum absolute atomic E-state index is 12.9. The van der Waals surface area contributed by atoms with Gasteiger partial charge in [-0.05, 0) is 24.8 Å². The van der Waals surface area contributed by atoms with E-state index < -0.39 is 21.4 Å². The molecule has 1 aromatic heterocycles. The number of aliphatic carboxylic acids is 1. The first-order valence-corrected chi connectivity index (χ1v) is 9.28. The van der Waals surface area contributed by atoms with Gasteiger partial charge < -0.3 is 15.0 Å². The molecule has 2 aliphatic rings. The monoisotopic (exact) mass is 355 g/mol. The molecule has 0 spiro atoms. The van der Waals surface area contributed by atoms with Gasteiger partial charge in [0.15, 0.2) is 0 Å². The van der Waals surface area contributed by atoms with E-state index in [0.717, 1.165) is 12.8 Å². The molecule has 0 aromatic carbocycles. The molecule has 1 saturated heterocycles. The number of carbonyl (C=O) groups excluding carboxylic acids is 1. The second-order valence-electron chi connectivity index (χ2n) is 6.60. The van der Waals surface area contributed by atoms with E-state index >= 15 is 0 Å². The Morgan fingerprint density at radius 3 is 2.71 bits per heavy atom. The lowest BCUT2D eigenvalue weighted by atomic mass is 9.81. The highest BCUT2D eigenvalue weighted by atomic mass is 32.2. The van der Waals surface area contributed by atoms with E-state index in [4.69, 9.17) is 0 Å². The molecule has 8 nitrogen and oxygen atoms in total. The third kappa shape index (κ3) is 2.34. The van der Waals surface area contributed by atoms with Crippen LogP contribution in [0.25, 0.3) is 0 Å². The summed E-state index contributed by atoms with van der Waals surface area (Å²) >= 11 is 0. The number of nitrogens with zero attached hydrogens (tertiary/aromatic N) is 2. The number of carbonyl (C=O) groups is 2. The highest BCUT2D eigenvalue weighted by Gasteiger charge is 2.57. The van der Waals surface area contributed by atoms with E-state index in [1.54, 1.807) is 7.05 Å². The molecule has 2 N–H and O–H groups in total. The summed E-state index contributed by atoms with van der Waals surface area (Å²) in [5, 5.41) is 12.1. The molecule has 1 aliphatic heterocycles. The lowest BCUT2D eigenvalue weighted by molar-refractivity contribution is -0.149. The molecule has 1 saturated carbocycles. The fourth-order valence-corrected chi connectivity index (χ4v) is 5.58. The number of carboxylic acids is 1. The van der Waals surface area contributed by atoms with Gasteiger partial charge in [0.1, 0.15) is 10.6 Å². The van der Waals surface area contributed by atoms with Crippen molar-refractivity contribution >= 4 is 21.9 Å². The maximum Gasteiger partial charge on any atom is 0.311 e. The van der Waals surface area contributed by atoms with Crippen LogP contribution in [0.15, 0.2) is 17.2 Å².